The van der Waals surface area contributed by atoms with Crippen LogP contribution in [0.5, 0.6) is 0 Å². The van der Waals surface area contributed by atoms with Crippen LogP contribution in [0.1, 0.15) is 24.0 Å². The van der Waals surface area contributed by atoms with E-state index in [2.05, 4.69) is 10.2 Å². The van der Waals surface area contributed by atoms with Crippen molar-refractivity contribution in [3.63, 3.8) is 0 Å². The summed E-state index contributed by atoms with van der Waals surface area (Å²) in [6, 6.07) is 13.8. The first kappa shape index (κ1) is 19.8. The number of aromatic nitrogens is 4. The number of nitrogens with zero attached hydrogens (tertiary/aromatic N) is 5. The molecule has 0 spiro atoms. The van der Waals surface area contributed by atoms with Gasteiger partial charge in [-0.05, 0) is 56.0 Å². The number of thioether (sulfide) groups is 1. The smallest absolute Gasteiger partial charge is 0.267 e. The quantitative estimate of drug-likeness (QED) is 0.451. The van der Waals surface area contributed by atoms with Crippen molar-refractivity contribution >= 4 is 34.3 Å². The van der Waals surface area contributed by atoms with Gasteiger partial charge in [-0.2, -0.15) is 0 Å². The summed E-state index contributed by atoms with van der Waals surface area (Å²) in [5.74, 6) is 0.810. The van der Waals surface area contributed by atoms with Gasteiger partial charge in [0.1, 0.15) is 0 Å². The predicted molar refractivity (Wildman–Crippen MR) is 122 cm³/mol. The molecule has 0 radical (unpaired) electrons. The third-order valence-electron chi connectivity index (χ3n) is 5.81. The lowest BCUT2D eigenvalue weighted by Gasteiger charge is -2.16. The molecular weight excluding hydrogens is 410 g/mol. The van der Waals surface area contributed by atoms with Gasteiger partial charge < -0.3 is 4.90 Å². The molecule has 1 fully saturated rings. The zero-order valence-corrected chi connectivity index (χ0v) is 18.5. The first-order valence-corrected chi connectivity index (χ1v) is 11.3. The highest BCUT2D eigenvalue weighted by Crippen LogP contribution is 2.28. The van der Waals surface area contributed by atoms with Crippen molar-refractivity contribution in [2.45, 2.75) is 37.9 Å². The van der Waals surface area contributed by atoms with E-state index in [0.29, 0.717) is 22.4 Å². The molecule has 7 nitrogen and oxygen atoms in total. The van der Waals surface area contributed by atoms with Crippen LogP contribution in [0, 0.1) is 13.8 Å². The third kappa shape index (κ3) is 3.40. The van der Waals surface area contributed by atoms with Crippen LogP contribution >= 0.6 is 11.8 Å². The molecular formula is C23H23N5O2S. The monoisotopic (exact) mass is 433 g/mol. The van der Waals surface area contributed by atoms with Crippen molar-refractivity contribution in [1.29, 1.82) is 0 Å². The number of hydrogen-bond donors (Lipinski definition) is 0. The maximum absolute atomic E-state index is 13.5. The fourth-order valence-corrected chi connectivity index (χ4v) is 4.71. The fraction of sp³-hybridized carbons (Fsp3) is 0.304. The molecule has 4 aromatic rings. The molecule has 2 heterocycles. The maximum atomic E-state index is 13.5. The Balaban J connectivity index is 1.68. The number of fused-ring (bicyclic) bond motifs is 3. The van der Waals surface area contributed by atoms with Crippen LogP contribution in [0.2, 0.25) is 0 Å². The van der Waals surface area contributed by atoms with Crippen LogP contribution in [0.3, 0.4) is 0 Å². The van der Waals surface area contributed by atoms with E-state index in [1.807, 2.05) is 72.7 Å². The summed E-state index contributed by atoms with van der Waals surface area (Å²) in [7, 11) is 1.86. The molecule has 0 aliphatic heterocycles. The summed E-state index contributed by atoms with van der Waals surface area (Å²) >= 11 is 1.35. The Bertz CT molecular complexity index is 1390. The highest BCUT2D eigenvalue weighted by molar-refractivity contribution is 7.99. The SMILES string of the molecule is Cc1ccc(C)c(-n2c(=O)c3ccccc3n3c(SCC(=O)N(C)C4CC4)nnc23)c1. The molecule has 2 aromatic heterocycles. The molecule has 1 amide bonds. The van der Waals surface area contributed by atoms with E-state index in [1.54, 1.807) is 4.57 Å². The molecule has 0 bridgehead atoms. The second-order valence-electron chi connectivity index (χ2n) is 8.09. The van der Waals surface area contributed by atoms with Crippen molar-refractivity contribution < 1.29 is 4.79 Å². The molecule has 0 saturated heterocycles. The van der Waals surface area contributed by atoms with Crippen LogP contribution in [0.15, 0.2) is 52.4 Å². The van der Waals surface area contributed by atoms with Gasteiger partial charge in [-0.15, -0.1) is 10.2 Å². The molecule has 0 unspecified atom stereocenters. The normalized spacial score (nSPS) is 13.8. The fourth-order valence-electron chi connectivity index (χ4n) is 3.84. The van der Waals surface area contributed by atoms with Crippen LogP contribution < -0.4 is 5.56 Å². The molecule has 0 atom stereocenters. The zero-order chi connectivity index (χ0) is 21.7. The Morgan fingerprint density at radius 1 is 1.16 bits per heavy atom. The van der Waals surface area contributed by atoms with E-state index in [-0.39, 0.29) is 17.2 Å². The van der Waals surface area contributed by atoms with Crippen molar-refractivity contribution in [2.24, 2.45) is 0 Å². The van der Waals surface area contributed by atoms with Gasteiger partial charge in [0.25, 0.3) is 5.56 Å². The van der Waals surface area contributed by atoms with E-state index in [0.717, 1.165) is 35.2 Å². The van der Waals surface area contributed by atoms with Crippen molar-refractivity contribution in [3.05, 3.63) is 63.9 Å². The molecule has 5 rings (SSSR count). The third-order valence-corrected chi connectivity index (χ3v) is 6.73. The Morgan fingerprint density at radius 2 is 1.94 bits per heavy atom. The number of carbonyl (C=O) groups is 1. The van der Waals surface area contributed by atoms with Crippen LogP contribution in [0.25, 0.3) is 22.4 Å². The number of benzene rings is 2. The van der Waals surface area contributed by atoms with E-state index >= 15 is 0 Å². The van der Waals surface area contributed by atoms with Gasteiger partial charge in [-0.25, -0.2) is 4.57 Å². The molecule has 2 aromatic carbocycles. The topological polar surface area (TPSA) is 72.5 Å². The maximum Gasteiger partial charge on any atom is 0.267 e. The molecule has 8 heteroatoms. The summed E-state index contributed by atoms with van der Waals surface area (Å²) in [5, 5.41) is 9.92. The van der Waals surface area contributed by atoms with Gasteiger partial charge in [0, 0.05) is 13.1 Å². The summed E-state index contributed by atoms with van der Waals surface area (Å²) in [6.07, 6.45) is 2.15. The molecule has 1 saturated carbocycles. The molecule has 31 heavy (non-hydrogen) atoms. The highest BCUT2D eigenvalue weighted by atomic mass is 32.2. The number of aryl methyl sites for hydroxylation is 2. The predicted octanol–water partition coefficient (Wildman–Crippen LogP) is 3.36. The standard InChI is InChI=1S/C23H23N5O2S/c1-14-8-9-15(2)19(12-14)27-21(30)17-6-4-5-7-18(17)28-22(27)24-25-23(28)31-13-20(29)26(3)16-10-11-16/h4-9,12,16H,10-11,13H2,1-3H3. The minimum Gasteiger partial charge on any atom is -0.342 e. The van der Waals surface area contributed by atoms with Gasteiger partial charge >= 0.3 is 0 Å². The van der Waals surface area contributed by atoms with Gasteiger partial charge in [-0.3, -0.25) is 14.0 Å². The Labute approximate surface area is 183 Å². The molecule has 1 aliphatic rings. The lowest BCUT2D eigenvalue weighted by molar-refractivity contribution is -0.127. The Hall–Kier alpha value is -3.13. The molecule has 158 valence electrons. The summed E-state index contributed by atoms with van der Waals surface area (Å²) in [6.45, 7) is 3.98. The van der Waals surface area contributed by atoms with E-state index in [9.17, 15) is 9.59 Å². The van der Waals surface area contributed by atoms with E-state index in [4.69, 9.17) is 0 Å². The summed E-state index contributed by atoms with van der Waals surface area (Å²) in [4.78, 5) is 27.8. The second-order valence-corrected chi connectivity index (χ2v) is 9.03. The number of hydrogen-bond acceptors (Lipinski definition) is 5. The highest BCUT2D eigenvalue weighted by Gasteiger charge is 2.29. The second kappa shape index (κ2) is 7.53. The van der Waals surface area contributed by atoms with Crippen LogP contribution in [-0.2, 0) is 4.79 Å². The number of carbonyl (C=O) groups excluding carboxylic acids is 1. The lowest BCUT2D eigenvalue weighted by Crippen LogP contribution is -2.30. The van der Waals surface area contributed by atoms with E-state index in [1.165, 1.54) is 11.8 Å². The lowest BCUT2D eigenvalue weighted by atomic mass is 10.1. The van der Waals surface area contributed by atoms with Crippen LogP contribution in [-0.4, -0.2) is 48.8 Å². The van der Waals surface area contributed by atoms with Gasteiger partial charge in [-0.1, -0.05) is 36.0 Å². The number of rotatable bonds is 5. The summed E-state index contributed by atoms with van der Waals surface area (Å²) < 4.78 is 3.51. The first-order valence-electron chi connectivity index (χ1n) is 10.3. The molecule has 1 aliphatic carbocycles. The average molecular weight is 434 g/mol. The van der Waals surface area contributed by atoms with Crippen molar-refractivity contribution in [3.8, 4) is 5.69 Å². The number of para-hydroxylation sites is 1. The molecule has 0 N–H and O–H groups in total. The number of amides is 1. The Kier molecular flexibility index (Phi) is 4.81. The Morgan fingerprint density at radius 3 is 2.71 bits per heavy atom. The van der Waals surface area contributed by atoms with Gasteiger partial charge in [0.2, 0.25) is 11.7 Å². The largest absolute Gasteiger partial charge is 0.342 e. The van der Waals surface area contributed by atoms with Crippen molar-refractivity contribution in [2.75, 3.05) is 12.8 Å². The van der Waals surface area contributed by atoms with Crippen molar-refractivity contribution in [1.82, 2.24) is 24.1 Å². The van der Waals surface area contributed by atoms with E-state index < -0.39 is 0 Å². The summed E-state index contributed by atoms with van der Waals surface area (Å²) in [5.41, 5.74) is 3.42. The van der Waals surface area contributed by atoms with Gasteiger partial charge in [0.15, 0.2) is 5.16 Å². The van der Waals surface area contributed by atoms with Gasteiger partial charge in [0.05, 0.1) is 22.3 Å². The zero-order valence-electron chi connectivity index (χ0n) is 17.7. The average Bonchev–Trinajstić information content (AvgIpc) is 3.54. The first-order chi connectivity index (χ1) is 15.0. The minimum atomic E-state index is -0.134. The minimum absolute atomic E-state index is 0.0800. The van der Waals surface area contributed by atoms with Crippen LogP contribution in [0.4, 0.5) is 0 Å².